The standard InChI is InChI=1S/C14H17ClN2O3/c1-2-14(6-3-7-16-14)13(20)17-9-4-5-10(12(18)19)11(15)8-9/h4-5,8,16H,2-3,6-7H2,1H3,(H,17,20)(H,18,19). The molecule has 1 aliphatic rings. The summed E-state index contributed by atoms with van der Waals surface area (Å²) in [6.07, 6.45) is 2.48. The number of carbonyl (C=O) groups is 2. The average Bonchev–Trinajstić information content (AvgIpc) is 2.88. The molecule has 1 atom stereocenters. The van der Waals surface area contributed by atoms with E-state index in [1.54, 1.807) is 6.07 Å². The van der Waals surface area contributed by atoms with E-state index in [-0.39, 0.29) is 16.5 Å². The number of benzene rings is 1. The molecule has 0 bridgehead atoms. The molecule has 6 heteroatoms. The number of rotatable bonds is 4. The lowest BCUT2D eigenvalue weighted by Gasteiger charge is -2.26. The molecule has 0 aliphatic carbocycles. The highest BCUT2D eigenvalue weighted by molar-refractivity contribution is 6.33. The maximum absolute atomic E-state index is 12.4. The lowest BCUT2D eigenvalue weighted by molar-refractivity contribution is -0.122. The fourth-order valence-corrected chi connectivity index (χ4v) is 2.74. The van der Waals surface area contributed by atoms with E-state index < -0.39 is 11.5 Å². The van der Waals surface area contributed by atoms with E-state index in [9.17, 15) is 9.59 Å². The van der Waals surface area contributed by atoms with Crippen LogP contribution in [-0.4, -0.2) is 29.1 Å². The topological polar surface area (TPSA) is 78.4 Å². The smallest absolute Gasteiger partial charge is 0.337 e. The van der Waals surface area contributed by atoms with Crippen molar-refractivity contribution in [2.24, 2.45) is 0 Å². The Morgan fingerprint density at radius 2 is 2.25 bits per heavy atom. The molecule has 1 heterocycles. The zero-order valence-electron chi connectivity index (χ0n) is 11.2. The van der Waals surface area contributed by atoms with Crippen LogP contribution in [0.1, 0.15) is 36.5 Å². The lowest BCUT2D eigenvalue weighted by atomic mass is 9.93. The molecule has 108 valence electrons. The van der Waals surface area contributed by atoms with E-state index in [0.29, 0.717) is 12.1 Å². The summed E-state index contributed by atoms with van der Waals surface area (Å²) in [4.78, 5) is 23.2. The summed E-state index contributed by atoms with van der Waals surface area (Å²) in [5.41, 5.74) is -0.00168. The largest absolute Gasteiger partial charge is 0.478 e. The number of hydrogen-bond donors (Lipinski definition) is 3. The Hall–Kier alpha value is -1.59. The van der Waals surface area contributed by atoms with Crippen molar-refractivity contribution in [3.05, 3.63) is 28.8 Å². The highest BCUT2D eigenvalue weighted by Crippen LogP contribution is 2.26. The van der Waals surface area contributed by atoms with Gasteiger partial charge in [-0.1, -0.05) is 18.5 Å². The van der Waals surface area contributed by atoms with Crippen LogP contribution in [0.4, 0.5) is 5.69 Å². The minimum Gasteiger partial charge on any atom is -0.478 e. The van der Waals surface area contributed by atoms with Gasteiger partial charge in [-0.2, -0.15) is 0 Å². The van der Waals surface area contributed by atoms with Crippen molar-refractivity contribution >= 4 is 29.2 Å². The fourth-order valence-electron chi connectivity index (χ4n) is 2.48. The van der Waals surface area contributed by atoms with Gasteiger partial charge in [-0.05, 0) is 44.0 Å². The molecule has 2 rings (SSSR count). The van der Waals surface area contributed by atoms with Gasteiger partial charge in [0.15, 0.2) is 0 Å². The molecule has 0 saturated carbocycles. The van der Waals surface area contributed by atoms with Crippen molar-refractivity contribution in [2.75, 3.05) is 11.9 Å². The molecule has 0 spiro atoms. The predicted molar refractivity (Wildman–Crippen MR) is 77.3 cm³/mol. The van der Waals surface area contributed by atoms with Crippen LogP contribution in [0, 0.1) is 0 Å². The van der Waals surface area contributed by atoms with Crippen LogP contribution >= 0.6 is 11.6 Å². The molecule has 0 aromatic heterocycles. The van der Waals surface area contributed by atoms with Crippen LogP contribution in [0.25, 0.3) is 0 Å². The number of carboxylic acid groups (broad SMARTS) is 1. The van der Waals surface area contributed by atoms with Crippen molar-refractivity contribution in [1.82, 2.24) is 5.32 Å². The van der Waals surface area contributed by atoms with Gasteiger partial charge in [-0.15, -0.1) is 0 Å². The number of halogens is 1. The Morgan fingerprint density at radius 1 is 1.50 bits per heavy atom. The monoisotopic (exact) mass is 296 g/mol. The maximum Gasteiger partial charge on any atom is 0.337 e. The van der Waals surface area contributed by atoms with Gasteiger partial charge in [-0.25, -0.2) is 4.79 Å². The van der Waals surface area contributed by atoms with E-state index in [2.05, 4.69) is 10.6 Å². The van der Waals surface area contributed by atoms with Gasteiger partial charge in [-0.3, -0.25) is 4.79 Å². The molecule has 1 aliphatic heterocycles. The normalized spacial score (nSPS) is 21.7. The quantitative estimate of drug-likeness (QED) is 0.798. The number of aromatic carboxylic acids is 1. The highest BCUT2D eigenvalue weighted by atomic mass is 35.5. The van der Waals surface area contributed by atoms with E-state index in [4.69, 9.17) is 16.7 Å². The molecule has 1 unspecified atom stereocenters. The van der Waals surface area contributed by atoms with Gasteiger partial charge in [0.1, 0.15) is 0 Å². The molecule has 1 aromatic carbocycles. The van der Waals surface area contributed by atoms with Crippen molar-refractivity contribution in [1.29, 1.82) is 0 Å². The second-order valence-electron chi connectivity index (χ2n) is 4.92. The minimum absolute atomic E-state index is 0.0221. The molecule has 5 nitrogen and oxygen atoms in total. The predicted octanol–water partition coefficient (Wildman–Crippen LogP) is 2.51. The molecular weight excluding hydrogens is 280 g/mol. The average molecular weight is 297 g/mol. The second kappa shape index (κ2) is 5.81. The van der Waals surface area contributed by atoms with Gasteiger partial charge in [0.2, 0.25) is 5.91 Å². The molecule has 1 saturated heterocycles. The van der Waals surface area contributed by atoms with Crippen LogP contribution in [0.3, 0.4) is 0 Å². The summed E-state index contributed by atoms with van der Waals surface area (Å²) in [6, 6.07) is 4.40. The molecule has 3 N–H and O–H groups in total. The van der Waals surface area contributed by atoms with Gasteiger partial charge in [0, 0.05) is 5.69 Å². The Bertz CT molecular complexity index is 539. The second-order valence-corrected chi connectivity index (χ2v) is 5.33. The Labute approximate surface area is 122 Å². The number of carbonyl (C=O) groups excluding carboxylic acids is 1. The first-order chi connectivity index (χ1) is 9.48. The van der Waals surface area contributed by atoms with Crippen molar-refractivity contribution in [2.45, 2.75) is 31.7 Å². The zero-order valence-corrected chi connectivity index (χ0v) is 12.0. The Balaban J connectivity index is 2.16. The van der Waals surface area contributed by atoms with Crippen LogP contribution in [-0.2, 0) is 4.79 Å². The third kappa shape index (κ3) is 2.78. The summed E-state index contributed by atoms with van der Waals surface area (Å²) in [7, 11) is 0. The van der Waals surface area contributed by atoms with Gasteiger partial charge in [0.25, 0.3) is 0 Å². The first-order valence-electron chi connectivity index (χ1n) is 6.58. The van der Waals surface area contributed by atoms with E-state index in [1.165, 1.54) is 12.1 Å². The summed E-state index contributed by atoms with van der Waals surface area (Å²) in [5.74, 6) is -1.19. The Kier molecular flexibility index (Phi) is 4.30. The lowest BCUT2D eigenvalue weighted by Crippen LogP contribution is -2.50. The number of amides is 1. The molecule has 1 aromatic rings. The summed E-state index contributed by atoms with van der Waals surface area (Å²) in [5, 5.41) is 15.1. The maximum atomic E-state index is 12.4. The summed E-state index contributed by atoms with van der Waals surface area (Å²) < 4.78 is 0. The Morgan fingerprint density at radius 3 is 2.75 bits per heavy atom. The third-order valence-corrected chi connectivity index (χ3v) is 4.05. The number of anilines is 1. The highest BCUT2D eigenvalue weighted by Gasteiger charge is 2.39. The first kappa shape index (κ1) is 14.8. The van der Waals surface area contributed by atoms with E-state index >= 15 is 0 Å². The van der Waals surface area contributed by atoms with Crippen LogP contribution in [0.2, 0.25) is 5.02 Å². The van der Waals surface area contributed by atoms with Crippen LogP contribution in [0.5, 0.6) is 0 Å². The summed E-state index contributed by atoms with van der Waals surface area (Å²) >= 11 is 5.89. The molecular formula is C14H17ClN2O3. The van der Waals surface area contributed by atoms with Crippen molar-refractivity contribution in [3.63, 3.8) is 0 Å². The number of nitrogens with one attached hydrogen (secondary N) is 2. The molecule has 1 fully saturated rings. The molecule has 20 heavy (non-hydrogen) atoms. The van der Waals surface area contributed by atoms with Gasteiger partial charge in [0.05, 0.1) is 16.1 Å². The third-order valence-electron chi connectivity index (χ3n) is 3.74. The van der Waals surface area contributed by atoms with Crippen LogP contribution in [0.15, 0.2) is 18.2 Å². The first-order valence-corrected chi connectivity index (χ1v) is 6.95. The number of hydrogen-bond acceptors (Lipinski definition) is 3. The van der Waals surface area contributed by atoms with E-state index in [0.717, 1.165) is 19.4 Å². The zero-order chi connectivity index (χ0) is 14.8. The van der Waals surface area contributed by atoms with Crippen molar-refractivity contribution in [3.8, 4) is 0 Å². The SMILES string of the molecule is CCC1(C(=O)Nc2ccc(C(=O)O)c(Cl)c2)CCCN1. The van der Waals surface area contributed by atoms with Gasteiger partial charge < -0.3 is 15.7 Å². The number of carboxylic acids is 1. The van der Waals surface area contributed by atoms with E-state index in [1.807, 2.05) is 6.92 Å². The fraction of sp³-hybridized carbons (Fsp3) is 0.429. The molecule has 0 radical (unpaired) electrons. The molecule has 1 amide bonds. The summed E-state index contributed by atoms with van der Waals surface area (Å²) in [6.45, 7) is 2.80. The van der Waals surface area contributed by atoms with Crippen LogP contribution < -0.4 is 10.6 Å². The minimum atomic E-state index is -1.09. The van der Waals surface area contributed by atoms with Gasteiger partial charge >= 0.3 is 5.97 Å². The van der Waals surface area contributed by atoms with Crippen molar-refractivity contribution < 1.29 is 14.7 Å².